The van der Waals surface area contributed by atoms with Crippen molar-refractivity contribution in [2.24, 2.45) is 0 Å². The second-order valence-corrected chi connectivity index (χ2v) is 6.37. The van der Waals surface area contributed by atoms with Crippen molar-refractivity contribution in [2.75, 3.05) is 12.8 Å². The van der Waals surface area contributed by atoms with Crippen molar-refractivity contribution in [1.82, 2.24) is 14.5 Å². The van der Waals surface area contributed by atoms with Gasteiger partial charge in [-0.3, -0.25) is 4.90 Å². The first kappa shape index (κ1) is 12.9. The van der Waals surface area contributed by atoms with Crippen LogP contribution in [-0.4, -0.2) is 33.6 Å². The van der Waals surface area contributed by atoms with Crippen LogP contribution in [0.2, 0.25) is 0 Å². The zero-order chi connectivity index (χ0) is 13.6. The van der Waals surface area contributed by atoms with Gasteiger partial charge in [0.2, 0.25) is 5.95 Å². The van der Waals surface area contributed by atoms with Crippen LogP contribution in [0.1, 0.15) is 19.8 Å². The standard InChI is InChI=1S/C14H19BrN4/c1-9(18(2)11-4-5-11)8-19-13-7-10(15)3-6-12(13)17-14(19)16/h3,6-7,9,11H,4-5,8H2,1-2H3,(H2,16,17). The molecule has 0 spiro atoms. The molecule has 19 heavy (non-hydrogen) atoms. The Bertz CT molecular complexity index is 603. The second kappa shape index (κ2) is 4.80. The van der Waals surface area contributed by atoms with Crippen molar-refractivity contribution in [3.05, 3.63) is 22.7 Å². The van der Waals surface area contributed by atoms with Gasteiger partial charge in [0.1, 0.15) is 0 Å². The predicted octanol–water partition coefficient (Wildman–Crippen LogP) is 2.86. The molecule has 0 aliphatic heterocycles. The van der Waals surface area contributed by atoms with Crippen LogP contribution >= 0.6 is 15.9 Å². The quantitative estimate of drug-likeness (QED) is 0.941. The number of nitrogens with two attached hydrogens (primary N) is 1. The summed E-state index contributed by atoms with van der Waals surface area (Å²) >= 11 is 3.51. The van der Waals surface area contributed by atoms with Crippen LogP contribution in [0.15, 0.2) is 22.7 Å². The Morgan fingerprint density at radius 1 is 1.53 bits per heavy atom. The molecule has 1 aromatic carbocycles. The zero-order valence-corrected chi connectivity index (χ0v) is 12.9. The summed E-state index contributed by atoms with van der Waals surface area (Å²) in [7, 11) is 2.20. The molecule has 5 heteroatoms. The number of benzene rings is 1. The fraction of sp³-hybridized carbons (Fsp3) is 0.500. The van der Waals surface area contributed by atoms with E-state index >= 15 is 0 Å². The monoisotopic (exact) mass is 322 g/mol. The molecule has 102 valence electrons. The Morgan fingerprint density at radius 3 is 2.95 bits per heavy atom. The summed E-state index contributed by atoms with van der Waals surface area (Å²) in [6.07, 6.45) is 2.65. The molecule has 1 aliphatic carbocycles. The number of nitrogens with zero attached hydrogens (tertiary/aromatic N) is 3. The van der Waals surface area contributed by atoms with E-state index in [4.69, 9.17) is 5.73 Å². The van der Waals surface area contributed by atoms with Gasteiger partial charge in [-0.2, -0.15) is 0 Å². The molecular weight excluding hydrogens is 304 g/mol. The smallest absolute Gasteiger partial charge is 0.201 e. The summed E-state index contributed by atoms with van der Waals surface area (Å²) in [5, 5.41) is 0. The number of hydrogen-bond acceptors (Lipinski definition) is 3. The lowest BCUT2D eigenvalue weighted by Gasteiger charge is -2.25. The Kier molecular flexibility index (Phi) is 3.27. The van der Waals surface area contributed by atoms with E-state index in [1.165, 1.54) is 12.8 Å². The van der Waals surface area contributed by atoms with E-state index in [0.717, 1.165) is 28.1 Å². The first-order chi connectivity index (χ1) is 9.06. The number of anilines is 1. The molecule has 1 heterocycles. The third-order valence-corrected chi connectivity index (χ3v) is 4.50. The van der Waals surface area contributed by atoms with Crippen LogP contribution in [-0.2, 0) is 6.54 Å². The SMILES string of the molecule is CC(Cn1c(N)nc2ccc(Br)cc21)N(C)C1CC1. The number of imidazole rings is 1. The topological polar surface area (TPSA) is 47.1 Å². The highest BCUT2D eigenvalue weighted by Crippen LogP contribution is 2.28. The van der Waals surface area contributed by atoms with Gasteiger partial charge in [-0.05, 0) is 45.0 Å². The molecule has 1 aromatic heterocycles. The van der Waals surface area contributed by atoms with Gasteiger partial charge < -0.3 is 10.3 Å². The van der Waals surface area contributed by atoms with E-state index in [0.29, 0.717) is 12.0 Å². The maximum absolute atomic E-state index is 6.06. The molecule has 4 nitrogen and oxygen atoms in total. The Labute approximate surface area is 121 Å². The fourth-order valence-electron chi connectivity index (χ4n) is 2.54. The highest BCUT2D eigenvalue weighted by atomic mass is 79.9. The molecule has 3 rings (SSSR count). The van der Waals surface area contributed by atoms with Crippen molar-refractivity contribution >= 4 is 32.9 Å². The average Bonchev–Trinajstić information content (AvgIpc) is 3.17. The first-order valence-electron chi connectivity index (χ1n) is 6.69. The maximum Gasteiger partial charge on any atom is 0.201 e. The van der Waals surface area contributed by atoms with E-state index < -0.39 is 0 Å². The molecule has 1 aliphatic rings. The van der Waals surface area contributed by atoms with E-state index in [-0.39, 0.29) is 0 Å². The molecule has 0 bridgehead atoms. The van der Waals surface area contributed by atoms with Gasteiger partial charge in [0.25, 0.3) is 0 Å². The lowest BCUT2D eigenvalue weighted by atomic mass is 10.2. The first-order valence-corrected chi connectivity index (χ1v) is 7.49. The van der Waals surface area contributed by atoms with Crippen LogP contribution in [0, 0.1) is 0 Å². The van der Waals surface area contributed by atoms with Gasteiger partial charge in [-0.15, -0.1) is 0 Å². The van der Waals surface area contributed by atoms with Gasteiger partial charge in [0.15, 0.2) is 0 Å². The number of aromatic nitrogens is 2. The van der Waals surface area contributed by atoms with E-state index in [9.17, 15) is 0 Å². The number of nitrogen functional groups attached to an aromatic ring is 1. The molecule has 2 aromatic rings. The number of halogens is 1. The number of likely N-dealkylation sites (N-methyl/N-ethyl adjacent to an activating group) is 1. The third-order valence-electron chi connectivity index (χ3n) is 4.00. The lowest BCUT2D eigenvalue weighted by molar-refractivity contribution is 0.228. The molecular formula is C14H19BrN4. The van der Waals surface area contributed by atoms with Crippen molar-refractivity contribution in [2.45, 2.75) is 38.4 Å². The van der Waals surface area contributed by atoms with Gasteiger partial charge in [-0.25, -0.2) is 4.98 Å². The molecule has 1 saturated carbocycles. The summed E-state index contributed by atoms with van der Waals surface area (Å²) in [5.74, 6) is 0.601. The highest BCUT2D eigenvalue weighted by molar-refractivity contribution is 9.10. The molecule has 0 amide bonds. The summed E-state index contributed by atoms with van der Waals surface area (Å²) in [6.45, 7) is 3.13. The van der Waals surface area contributed by atoms with Crippen LogP contribution in [0.4, 0.5) is 5.95 Å². The fourth-order valence-corrected chi connectivity index (χ4v) is 2.89. The van der Waals surface area contributed by atoms with Crippen molar-refractivity contribution < 1.29 is 0 Å². The minimum atomic E-state index is 0.464. The van der Waals surface area contributed by atoms with Crippen molar-refractivity contribution in [1.29, 1.82) is 0 Å². The summed E-state index contributed by atoms with van der Waals surface area (Å²) < 4.78 is 3.17. The normalized spacial score (nSPS) is 17.3. The van der Waals surface area contributed by atoms with Crippen LogP contribution < -0.4 is 5.73 Å². The molecule has 0 radical (unpaired) electrons. The molecule has 1 unspecified atom stereocenters. The van der Waals surface area contributed by atoms with Crippen molar-refractivity contribution in [3.63, 3.8) is 0 Å². The Balaban J connectivity index is 1.90. The minimum absolute atomic E-state index is 0.464. The molecule has 1 atom stereocenters. The predicted molar refractivity (Wildman–Crippen MR) is 82.1 cm³/mol. The minimum Gasteiger partial charge on any atom is -0.369 e. The largest absolute Gasteiger partial charge is 0.369 e. The van der Waals surface area contributed by atoms with Gasteiger partial charge in [0, 0.05) is 23.1 Å². The highest BCUT2D eigenvalue weighted by Gasteiger charge is 2.29. The lowest BCUT2D eigenvalue weighted by Crippen LogP contribution is -2.34. The maximum atomic E-state index is 6.06. The van der Waals surface area contributed by atoms with E-state index in [1.807, 2.05) is 12.1 Å². The van der Waals surface area contributed by atoms with Crippen LogP contribution in [0.25, 0.3) is 11.0 Å². The Hall–Kier alpha value is -1.07. The summed E-state index contributed by atoms with van der Waals surface area (Å²) in [4.78, 5) is 6.88. The van der Waals surface area contributed by atoms with Crippen LogP contribution in [0.3, 0.4) is 0 Å². The number of rotatable bonds is 4. The van der Waals surface area contributed by atoms with E-state index in [2.05, 4.69) is 50.4 Å². The molecule has 1 fully saturated rings. The van der Waals surface area contributed by atoms with Gasteiger partial charge >= 0.3 is 0 Å². The third kappa shape index (κ3) is 2.49. The molecule has 0 saturated heterocycles. The van der Waals surface area contributed by atoms with Gasteiger partial charge in [0.05, 0.1) is 11.0 Å². The number of fused-ring (bicyclic) bond motifs is 1. The summed E-state index contributed by atoms with van der Waals surface area (Å²) in [6, 6.07) is 7.31. The summed E-state index contributed by atoms with van der Waals surface area (Å²) in [5.41, 5.74) is 8.12. The average molecular weight is 323 g/mol. The van der Waals surface area contributed by atoms with E-state index in [1.54, 1.807) is 0 Å². The van der Waals surface area contributed by atoms with Gasteiger partial charge in [-0.1, -0.05) is 15.9 Å². The van der Waals surface area contributed by atoms with Crippen molar-refractivity contribution in [3.8, 4) is 0 Å². The van der Waals surface area contributed by atoms with Crippen LogP contribution in [0.5, 0.6) is 0 Å². The Morgan fingerprint density at radius 2 is 2.26 bits per heavy atom. The zero-order valence-electron chi connectivity index (χ0n) is 11.3. The molecule has 2 N–H and O–H groups in total. The second-order valence-electron chi connectivity index (χ2n) is 5.46. The number of hydrogen-bond donors (Lipinski definition) is 1.